The van der Waals surface area contributed by atoms with Gasteiger partial charge in [0.25, 0.3) is 0 Å². The molecule has 9 aromatic rings. The number of para-hydroxylation sites is 1. The number of fused-ring (bicyclic) bond motifs is 3. The van der Waals surface area contributed by atoms with E-state index in [2.05, 4.69) is 18.2 Å². The van der Waals surface area contributed by atoms with Crippen molar-refractivity contribution in [3.05, 3.63) is 145 Å². The van der Waals surface area contributed by atoms with Crippen molar-refractivity contribution in [2.75, 3.05) is 0 Å². The SMILES string of the molecule is [2H]c1c([2H])c2c([2H])c([2H])c3c([2H])c([2H])c(-c4ccc5cccc(-c6ccc7c8c(cccc68)-c6ccccc6O7)c5c4)c4c([2H])c([2H])c(c1[2H])c2c34. The summed E-state index contributed by atoms with van der Waals surface area (Å²) in [5.41, 5.74) is 4.75. The van der Waals surface area contributed by atoms with Gasteiger partial charge < -0.3 is 4.74 Å². The Kier molecular flexibility index (Phi) is 3.16. The Bertz CT molecular complexity index is 3070. The number of ether oxygens (including phenoxy) is 1. The van der Waals surface area contributed by atoms with Crippen molar-refractivity contribution in [3.8, 4) is 44.9 Å². The molecule has 1 aliphatic heterocycles. The first-order valence-corrected chi connectivity index (χ1v) is 14.1. The van der Waals surface area contributed by atoms with E-state index in [0.29, 0.717) is 5.56 Å². The van der Waals surface area contributed by atoms with Crippen LogP contribution in [0.3, 0.4) is 0 Å². The van der Waals surface area contributed by atoms with E-state index in [9.17, 15) is 2.74 Å². The van der Waals surface area contributed by atoms with Gasteiger partial charge in [-0.3, -0.25) is 0 Å². The van der Waals surface area contributed by atoms with Crippen molar-refractivity contribution in [2.24, 2.45) is 0 Å². The Hall–Kier alpha value is -5.66. The standard InChI is InChI=1S/C42H24O/c1-2-13-38-33(9-1)35-12-5-11-34-32(22-23-39(43-38)42(34)35)31-10-4-6-25-14-17-29(24-37(25)31)30-20-18-28-16-15-26-7-3-8-27-19-21-36(30)41(28)40(26)27/h1-24H/i3D,7D,8D,15D,16D,18D,19D,20D,21D. The van der Waals surface area contributed by atoms with Crippen LogP contribution < -0.4 is 4.74 Å². The molecular formula is C42H24O. The maximum atomic E-state index is 9.28. The van der Waals surface area contributed by atoms with Crippen LogP contribution in [0.4, 0.5) is 0 Å². The van der Waals surface area contributed by atoms with Crippen LogP contribution in [0.1, 0.15) is 12.3 Å². The second-order valence-corrected chi connectivity index (χ2v) is 10.9. The number of benzene rings is 9. The molecular weight excluding hydrogens is 520 g/mol. The van der Waals surface area contributed by atoms with Crippen molar-refractivity contribution >= 4 is 53.9 Å². The molecule has 0 unspecified atom stereocenters. The largest absolute Gasteiger partial charge is 0.456 e. The summed E-state index contributed by atoms with van der Waals surface area (Å²) in [7, 11) is 0. The van der Waals surface area contributed by atoms with Crippen molar-refractivity contribution in [2.45, 2.75) is 0 Å². The van der Waals surface area contributed by atoms with Gasteiger partial charge in [-0.25, -0.2) is 0 Å². The fraction of sp³-hybridized carbons (Fsp3) is 0. The van der Waals surface area contributed by atoms with E-state index in [4.69, 9.17) is 14.3 Å². The molecule has 10 rings (SSSR count). The van der Waals surface area contributed by atoms with E-state index in [1.165, 1.54) is 0 Å². The van der Waals surface area contributed by atoms with Crippen LogP contribution >= 0.6 is 0 Å². The molecule has 0 bridgehead atoms. The molecule has 0 N–H and O–H groups in total. The minimum atomic E-state index is -0.490. The Morgan fingerprint density at radius 2 is 1.14 bits per heavy atom. The highest BCUT2D eigenvalue weighted by Crippen LogP contribution is 2.49. The Balaban J connectivity index is 1.30. The first kappa shape index (κ1) is 16.1. The van der Waals surface area contributed by atoms with Gasteiger partial charge in [-0.15, -0.1) is 0 Å². The van der Waals surface area contributed by atoms with Crippen LogP contribution in [-0.2, 0) is 0 Å². The van der Waals surface area contributed by atoms with Crippen molar-refractivity contribution in [3.63, 3.8) is 0 Å². The third kappa shape index (κ3) is 3.17. The normalized spacial score (nSPS) is 15.3. The summed E-state index contributed by atoms with van der Waals surface area (Å²) in [5.74, 6) is 1.57. The summed E-state index contributed by atoms with van der Waals surface area (Å²) in [5, 5.41) is 4.13. The highest BCUT2D eigenvalue weighted by molar-refractivity contribution is 6.25. The predicted octanol–water partition coefficient (Wildman–Crippen LogP) is 12.0. The highest BCUT2D eigenvalue weighted by Gasteiger charge is 2.22. The lowest BCUT2D eigenvalue weighted by molar-refractivity contribution is 0.487. The minimum Gasteiger partial charge on any atom is -0.456 e. The summed E-state index contributed by atoms with van der Waals surface area (Å²) in [6, 6.07) is 26.6. The average molecular weight is 554 g/mol. The molecule has 9 aromatic carbocycles. The Morgan fingerprint density at radius 1 is 0.395 bits per heavy atom. The summed E-state index contributed by atoms with van der Waals surface area (Å²) in [4.78, 5) is 0. The van der Waals surface area contributed by atoms with Gasteiger partial charge in [0.1, 0.15) is 11.5 Å². The molecule has 0 spiro atoms. The molecule has 0 atom stereocenters. The molecule has 0 fully saturated rings. The van der Waals surface area contributed by atoms with Crippen LogP contribution in [0.5, 0.6) is 11.5 Å². The predicted molar refractivity (Wildman–Crippen MR) is 182 cm³/mol. The molecule has 43 heavy (non-hydrogen) atoms. The average Bonchev–Trinajstić information content (AvgIpc) is 3.15. The fourth-order valence-corrected chi connectivity index (χ4v) is 6.76. The summed E-state index contributed by atoms with van der Waals surface area (Å²) >= 11 is 0. The lowest BCUT2D eigenvalue weighted by atomic mass is 9.87. The van der Waals surface area contributed by atoms with Crippen molar-refractivity contribution < 1.29 is 17.1 Å². The van der Waals surface area contributed by atoms with E-state index in [1.807, 2.05) is 72.8 Å². The van der Waals surface area contributed by atoms with Crippen molar-refractivity contribution in [1.82, 2.24) is 0 Å². The molecule has 0 saturated carbocycles. The van der Waals surface area contributed by atoms with E-state index in [0.717, 1.165) is 55.3 Å². The third-order valence-electron chi connectivity index (χ3n) is 8.67. The van der Waals surface area contributed by atoms with Crippen LogP contribution in [0, 0.1) is 0 Å². The van der Waals surface area contributed by atoms with Crippen molar-refractivity contribution in [1.29, 1.82) is 0 Å². The topological polar surface area (TPSA) is 9.23 Å². The van der Waals surface area contributed by atoms with E-state index in [1.54, 1.807) is 0 Å². The second kappa shape index (κ2) is 8.44. The van der Waals surface area contributed by atoms with Crippen LogP contribution in [0.25, 0.3) is 87.2 Å². The van der Waals surface area contributed by atoms with E-state index in [-0.39, 0.29) is 68.1 Å². The highest BCUT2D eigenvalue weighted by atomic mass is 16.5. The molecule has 1 heteroatoms. The van der Waals surface area contributed by atoms with Gasteiger partial charge in [0.05, 0.1) is 12.3 Å². The van der Waals surface area contributed by atoms with Crippen LogP contribution in [0.2, 0.25) is 0 Å². The van der Waals surface area contributed by atoms with Gasteiger partial charge in [0.15, 0.2) is 0 Å². The van der Waals surface area contributed by atoms with Gasteiger partial charge in [-0.2, -0.15) is 0 Å². The molecule has 1 aliphatic rings. The molecule has 1 nitrogen and oxygen atoms in total. The second-order valence-electron chi connectivity index (χ2n) is 10.9. The van der Waals surface area contributed by atoms with Gasteiger partial charge in [0.2, 0.25) is 0 Å². The zero-order valence-electron chi connectivity index (χ0n) is 31.6. The number of rotatable bonds is 2. The van der Waals surface area contributed by atoms with Crippen LogP contribution in [0.15, 0.2) is 145 Å². The van der Waals surface area contributed by atoms with E-state index >= 15 is 0 Å². The molecule has 0 aliphatic carbocycles. The molecule has 1 heterocycles. The summed E-state index contributed by atoms with van der Waals surface area (Å²) < 4.78 is 86.4. The quantitative estimate of drug-likeness (QED) is 0.193. The fourth-order valence-electron chi connectivity index (χ4n) is 6.76. The zero-order chi connectivity index (χ0) is 35.9. The molecule has 198 valence electrons. The number of hydrogen-bond acceptors (Lipinski definition) is 1. The Labute approximate surface area is 261 Å². The molecule has 0 saturated heterocycles. The summed E-state index contributed by atoms with van der Waals surface area (Å²) in [6.07, 6.45) is 0. The van der Waals surface area contributed by atoms with Gasteiger partial charge in [-0.1, -0.05) is 127 Å². The molecule has 0 amide bonds. The van der Waals surface area contributed by atoms with Gasteiger partial charge in [0, 0.05) is 10.9 Å². The number of hydrogen-bond donors (Lipinski definition) is 0. The maximum absolute atomic E-state index is 9.28. The first-order valence-electron chi connectivity index (χ1n) is 18.6. The lowest BCUT2D eigenvalue weighted by Gasteiger charge is -2.22. The molecule has 0 aromatic heterocycles. The molecule has 0 radical (unpaired) electrons. The Morgan fingerprint density at radius 3 is 2.07 bits per heavy atom. The van der Waals surface area contributed by atoms with Crippen LogP contribution in [-0.4, -0.2) is 0 Å². The zero-order valence-corrected chi connectivity index (χ0v) is 22.6. The third-order valence-corrected chi connectivity index (χ3v) is 8.67. The van der Waals surface area contributed by atoms with E-state index < -0.39 is 24.2 Å². The lowest BCUT2D eigenvalue weighted by Crippen LogP contribution is -1.97. The monoisotopic (exact) mass is 553 g/mol. The smallest absolute Gasteiger partial charge is 0.135 e. The maximum Gasteiger partial charge on any atom is 0.135 e. The van der Waals surface area contributed by atoms with Gasteiger partial charge in [-0.05, 0) is 94.5 Å². The van der Waals surface area contributed by atoms with Gasteiger partial charge >= 0.3 is 0 Å². The minimum absolute atomic E-state index is 0.0367. The summed E-state index contributed by atoms with van der Waals surface area (Å²) in [6.45, 7) is 0. The first-order chi connectivity index (χ1) is 25.1.